The van der Waals surface area contributed by atoms with Crippen LogP contribution in [0.15, 0.2) is 0 Å². The Labute approximate surface area is 68.8 Å². The van der Waals surface area contributed by atoms with Gasteiger partial charge >= 0.3 is 0 Å². The normalized spacial score (nSPS) is 33.2. The molecule has 1 aliphatic heterocycles. The highest BCUT2D eigenvalue weighted by atomic mass is 15.2. The van der Waals surface area contributed by atoms with E-state index in [2.05, 4.69) is 24.8 Å². The molecule has 2 nitrogen and oxygen atoms in total. The number of likely N-dealkylation sites (tertiary alicyclic amines) is 1. The van der Waals surface area contributed by atoms with Crippen LogP contribution in [-0.4, -0.2) is 23.5 Å². The van der Waals surface area contributed by atoms with Crippen molar-refractivity contribution in [2.45, 2.75) is 45.2 Å². The molecule has 62 valence electrons. The Morgan fingerprint density at radius 1 is 1.36 bits per heavy atom. The third-order valence-electron chi connectivity index (χ3n) is 2.63. The number of hydrogen-bond donors (Lipinski definition) is 0. The van der Waals surface area contributed by atoms with Gasteiger partial charge in [0, 0.05) is 12.1 Å². The second-order valence-corrected chi connectivity index (χ2v) is 3.46. The van der Waals surface area contributed by atoms with E-state index >= 15 is 0 Å². The summed E-state index contributed by atoms with van der Waals surface area (Å²) < 4.78 is 0. The van der Waals surface area contributed by atoms with Crippen molar-refractivity contribution >= 4 is 0 Å². The number of nitriles is 1. The van der Waals surface area contributed by atoms with Crippen molar-refractivity contribution in [3.8, 4) is 6.07 Å². The van der Waals surface area contributed by atoms with Crippen LogP contribution in [0.1, 0.15) is 33.1 Å². The van der Waals surface area contributed by atoms with Crippen LogP contribution in [0.2, 0.25) is 0 Å². The minimum Gasteiger partial charge on any atom is -0.285 e. The molecule has 0 bridgehead atoms. The fourth-order valence-corrected chi connectivity index (χ4v) is 1.87. The molecule has 0 unspecified atom stereocenters. The van der Waals surface area contributed by atoms with Gasteiger partial charge in [-0.05, 0) is 26.7 Å². The summed E-state index contributed by atoms with van der Waals surface area (Å²) in [5.41, 5.74) is 0. The highest BCUT2D eigenvalue weighted by Crippen LogP contribution is 2.21. The Morgan fingerprint density at radius 3 is 2.36 bits per heavy atom. The van der Waals surface area contributed by atoms with Crippen molar-refractivity contribution in [1.29, 1.82) is 5.26 Å². The van der Waals surface area contributed by atoms with E-state index in [9.17, 15) is 0 Å². The van der Waals surface area contributed by atoms with Gasteiger partial charge in [-0.25, -0.2) is 0 Å². The van der Waals surface area contributed by atoms with E-state index in [-0.39, 0.29) is 0 Å². The summed E-state index contributed by atoms with van der Waals surface area (Å²) in [6, 6.07) is 3.44. The van der Waals surface area contributed by atoms with Gasteiger partial charge in [0.1, 0.15) is 0 Å². The molecule has 1 rings (SSSR count). The maximum absolute atomic E-state index is 8.56. The van der Waals surface area contributed by atoms with Crippen LogP contribution in [0.3, 0.4) is 0 Å². The monoisotopic (exact) mass is 152 g/mol. The van der Waals surface area contributed by atoms with Gasteiger partial charge in [0.25, 0.3) is 0 Å². The molecule has 2 heteroatoms. The van der Waals surface area contributed by atoms with E-state index in [0.717, 1.165) is 0 Å². The first-order chi connectivity index (χ1) is 5.25. The van der Waals surface area contributed by atoms with Crippen molar-refractivity contribution < 1.29 is 0 Å². The van der Waals surface area contributed by atoms with E-state index < -0.39 is 0 Å². The molecule has 0 aromatic carbocycles. The lowest BCUT2D eigenvalue weighted by atomic mass is 9.98. The molecular formula is C9H16N2. The Kier molecular flexibility index (Phi) is 2.90. The maximum Gasteiger partial charge on any atom is 0.0870 e. The first-order valence-electron chi connectivity index (χ1n) is 4.38. The van der Waals surface area contributed by atoms with Crippen LogP contribution in [-0.2, 0) is 0 Å². The molecular weight excluding hydrogens is 136 g/mol. The lowest BCUT2D eigenvalue weighted by Crippen LogP contribution is -2.43. The van der Waals surface area contributed by atoms with Crippen molar-refractivity contribution in [1.82, 2.24) is 4.90 Å². The zero-order valence-electron chi connectivity index (χ0n) is 7.38. The second kappa shape index (κ2) is 3.73. The first-order valence-corrected chi connectivity index (χ1v) is 4.38. The molecule has 1 heterocycles. The molecule has 0 aliphatic carbocycles. The predicted molar refractivity (Wildman–Crippen MR) is 45.1 cm³/mol. The fraction of sp³-hybridized carbons (Fsp3) is 0.889. The fourth-order valence-electron chi connectivity index (χ4n) is 1.87. The summed E-state index contributed by atoms with van der Waals surface area (Å²) in [6.45, 7) is 5.03. The Balaban J connectivity index is 2.49. The van der Waals surface area contributed by atoms with Gasteiger partial charge in [-0.3, -0.25) is 4.90 Å². The minimum absolute atomic E-state index is 0.600. The standard InChI is InChI=1S/C9H16N2/c1-8-4-3-5-9(2)11(8)7-6-10/h8-9H,3-5,7H2,1-2H3/t8-,9-/m0/s1. The predicted octanol–water partition coefficient (Wildman–Crippen LogP) is 1.77. The lowest BCUT2D eigenvalue weighted by Gasteiger charge is -2.37. The number of hydrogen-bond acceptors (Lipinski definition) is 2. The van der Waals surface area contributed by atoms with Crippen LogP contribution in [0.5, 0.6) is 0 Å². The van der Waals surface area contributed by atoms with Gasteiger partial charge in [0.05, 0.1) is 12.6 Å². The van der Waals surface area contributed by atoms with Crippen LogP contribution in [0.25, 0.3) is 0 Å². The van der Waals surface area contributed by atoms with Gasteiger partial charge in [-0.1, -0.05) is 6.42 Å². The zero-order valence-corrected chi connectivity index (χ0v) is 7.38. The van der Waals surface area contributed by atoms with E-state index in [1.54, 1.807) is 0 Å². The van der Waals surface area contributed by atoms with Crippen LogP contribution in [0.4, 0.5) is 0 Å². The van der Waals surface area contributed by atoms with Crippen LogP contribution in [0, 0.1) is 11.3 Å². The maximum atomic E-state index is 8.56. The highest BCUT2D eigenvalue weighted by molar-refractivity contribution is 4.86. The quantitative estimate of drug-likeness (QED) is 0.535. The summed E-state index contributed by atoms with van der Waals surface area (Å²) in [7, 11) is 0. The summed E-state index contributed by atoms with van der Waals surface area (Å²) in [5.74, 6) is 0. The Morgan fingerprint density at radius 2 is 1.91 bits per heavy atom. The first kappa shape index (κ1) is 8.55. The molecule has 0 N–H and O–H groups in total. The van der Waals surface area contributed by atoms with Crippen molar-refractivity contribution in [3.63, 3.8) is 0 Å². The summed E-state index contributed by atoms with van der Waals surface area (Å²) >= 11 is 0. The third kappa shape index (κ3) is 1.94. The van der Waals surface area contributed by atoms with Crippen molar-refractivity contribution in [2.75, 3.05) is 6.54 Å². The minimum atomic E-state index is 0.600. The average Bonchev–Trinajstić information content (AvgIpc) is 1.97. The summed E-state index contributed by atoms with van der Waals surface area (Å²) in [4.78, 5) is 2.30. The zero-order chi connectivity index (χ0) is 8.27. The second-order valence-electron chi connectivity index (χ2n) is 3.46. The molecule has 1 fully saturated rings. The molecule has 0 aromatic heterocycles. The van der Waals surface area contributed by atoms with E-state index in [1.807, 2.05) is 0 Å². The van der Waals surface area contributed by atoms with Gasteiger partial charge in [-0.2, -0.15) is 5.26 Å². The van der Waals surface area contributed by atoms with Crippen LogP contribution >= 0.6 is 0 Å². The summed E-state index contributed by atoms with van der Waals surface area (Å²) in [6.07, 6.45) is 3.84. The molecule has 0 saturated carbocycles. The molecule has 1 aliphatic rings. The third-order valence-corrected chi connectivity index (χ3v) is 2.63. The molecule has 0 radical (unpaired) electrons. The lowest BCUT2D eigenvalue weighted by molar-refractivity contribution is 0.121. The largest absolute Gasteiger partial charge is 0.285 e. The smallest absolute Gasteiger partial charge is 0.0870 e. The molecule has 2 atom stereocenters. The highest BCUT2D eigenvalue weighted by Gasteiger charge is 2.23. The van der Waals surface area contributed by atoms with Gasteiger partial charge in [-0.15, -0.1) is 0 Å². The molecule has 0 aromatic rings. The van der Waals surface area contributed by atoms with Crippen molar-refractivity contribution in [3.05, 3.63) is 0 Å². The Hall–Kier alpha value is -0.550. The van der Waals surface area contributed by atoms with E-state index in [1.165, 1.54) is 19.3 Å². The SMILES string of the molecule is C[C@H]1CCC[C@H](C)N1CC#N. The topological polar surface area (TPSA) is 27.0 Å². The molecule has 11 heavy (non-hydrogen) atoms. The summed E-state index contributed by atoms with van der Waals surface area (Å²) in [5, 5.41) is 8.56. The van der Waals surface area contributed by atoms with Gasteiger partial charge < -0.3 is 0 Å². The average molecular weight is 152 g/mol. The van der Waals surface area contributed by atoms with Gasteiger partial charge in [0.2, 0.25) is 0 Å². The molecule has 0 amide bonds. The molecule has 0 spiro atoms. The number of piperidine rings is 1. The Bertz CT molecular complexity index is 149. The molecule has 1 saturated heterocycles. The van der Waals surface area contributed by atoms with Crippen LogP contribution < -0.4 is 0 Å². The van der Waals surface area contributed by atoms with Crippen molar-refractivity contribution in [2.24, 2.45) is 0 Å². The number of nitrogens with zero attached hydrogens (tertiary/aromatic N) is 2. The van der Waals surface area contributed by atoms with E-state index in [0.29, 0.717) is 18.6 Å². The van der Waals surface area contributed by atoms with Gasteiger partial charge in [0.15, 0.2) is 0 Å². The number of rotatable bonds is 1. The van der Waals surface area contributed by atoms with E-state index in [4.69, 9.17) is 5.26 Å².